The molecule has 0 saturated carbocycles. The maximum atomic E-state index is 11.8. The first kappa shape index (κ1) is 16.1. The molecule has 1 amide bonds. The zero-order chi connectivity index (χ0) is 16.7. The van der Waals surface area contributed by atoms with Crippen molar-refractivity contribution in [2.75, 3.05) is 42.6 Å². The molecule has 0 N–H and O–H groups in total. The van der Waals surface area contributed by atoms with Crippen molar-refractivity contribution in [1.29, 1.82) is 0 Å². The molecule has 0 spiro atoms. The highest BCUT2D eigenvalue weighted by atomic mass is 32.2. The molecule has 3 aliphatic heterocycles. The molecule has 7 nitrogen and oxygen atoms in total. The molecule has 1 aromatic rings. The van der Waals surface area contributed by atoms with E-state index in [1.807, 2.05) is 15.8 Å². The average Bonchev–Trinajstić information content (AvgIpc) is 3.12. The van der Waals surface area contributed by atoms with Crippen LogP contribution in [0, 0.1) is 5.92 Å². The first-order valence-electron chi connectivity index (χ1n) is 8.77. The topological polar surface area (TPSA) is 75.5 Å². The Bertz CT molecular complexity index is 709. The molecule has 3 saturated heterocycles. The first-order chi connectivity index (χ1) is 11.5. The lowest BCUT2D eigenvalue weighted by Crippen LogP contribution is -2.50. The third kappa shape index (κ3) is 3.21. The fourth-order valence-corrected chi connectivity index (χ4v) is 5.52. The van der Waals surface area contributed by atoms with Gasteiger partial charge in [-0.15, -0.1) is 0 Å². The Kier molecular flexibility index (Phi) is 4.12. The number of carbonyl (C=O) groups is 1. The predicted molar refractivity (Wildman–Crippen MR) is 90.7 cm³/mol. The summed E-state index contributed by atoms with van der Waals surface area (Å²) >= 11 is 0. The van der Waals surface area contributed by atoms with E-state index in [1.54, 1.807) is 6.20 Å². The van der Waals surface area contributed by atoms with E-state index in [4.69, 9.17) is 0 Å². The SMILES string of the molecule is O=C1CCCN1c1cnn(C2CN(CC3CCS(=O)(=O)CC3)C2)c1. The van der Waals surface area contributed by atoms with Gasteiger partial charge in [0.25, 0.3) is 0 Å². The average molecular weight is 352 g/mol. The van der Waals surface area contributed by atoms with Crippen LogP contribution in [0.15, 0.2) is 12.4 Å². The normalized spacial score (nSPS) is 26.0. The number of nitrogens with zero attached hydrogens (tertiary/aromatic N) is 4. The highest BCUT2D eigenvalue weighted by Gasteiger charge is 2.33. The molecule has 3 fully saturated rings. The summed E-state index contributed by atoms with van der Waals surface area (Å²) in [7, 11) is -2.77. The van der Waals surface area contributed by atoms with E-state index in [0.29, 0.717) is 29.9 Å². The molecule has 4 heterocycles. The second kappa shape index (κ2) is 6.15. The van der Waals surface area contributed by atoms with Crippen LogP contribution in [0.2, 0.25) is 0 Å². The van der Waals surface area contributed by atoms with E-state index in [0.717, 1.165) is 51.1 Å². The number of likely N-dealkylation sites (tertiary alicyclic amines) is 1. The molecule has 3 aliphatic rings. The number of hydrogen-bond donors (Lipinski definition) is 0. The van der Waals surface area contributed by atoms with Crippen LogP contribution in [0.3, 0.4) is 0 Å². The summed E-state index contributed by atoms with van der Waals surface area (Å²) < 4.78 is 24.9. The van der Waals surface area contributed by atoms with Gasteiger partial charge < -0.3 is 4.90 Å². The van der Waals surface area contributed by atoms with E-state index in [2.05, 4.69) is 10.00 Å². The summed E-state index contributed by atoms with van der Waals surface area (Å²) in [5.41, 5.74) is 0.911. The molecule has 0 aliphatic carbocycles. The van der Waals surface area contributed by atoms with Crippen molar-refractivity contribution < 1.29 is 13.2 Å². The smallest absolute Gasteiger partial charge is 0.227 e. The van der Waals surface area contributed by atoms with Crippen molar-refractivity contribution in [3.8, 4) is 0 Å². The Labute approximate surface area is 142 Å². The van der Waals surface area contributed by atoms with Crippen LogP contribution in [0.1, 0.15) is 31.7 Å². The minimum absolute atomic E-state index is 0.192. The van der Waals surface area contributed by atoms with Gasteiger partial charge in [0.05, 0.1) is 29.4 Å². The summed E-state index contributed by atoms with van der Waals surface area (Å²) in [6.07, 6.45) is 6.94. The second-order valence-corrected chi connectivity index (χ2v) is 9.60. The summed E-state index contributed by atoms with van der Waals surface area (Å²) in [4.78, 5) is 16.0. The molecule has 0 aromatic carbocycles. The number of sulfone groups is 1. The van der Waals surface area contributed by atoms with Gasteiger partial charge in [0.15, 0.2) is 0 Å². The van der Waals surface area contributed by atoms with Crippen molar-refractivity contribution in [3.63, 3.8) is 0 Å². The van der Waals surface area contributed by atoms with Crippen LogP contribution in [0.5, 0.6) is 0 Å². The van der Waals surface area contributed by atoms with E-state index in [-0.39, 0.29) is 5.91 Å². The van der Waals surface area contributed by atoms with Crippen LogP contribution < -0.4 is 4.90 Å². The quantitative estimate of drug-likeness (QED) is 0.797. The summed E-state index contributed by atoms with van der Waals surface area (Å²) in [6, 6.07) is 0.365. The van der Waals surface area contributed by atoms with Gasteiger partial charge in [-0.05, 0) is 25.2 Å². The molecule has 1 aromatic heterocycles. The molecule has 24 heavy (non-hydrogen) atoms. The molecular formula is C16H24N4O3S. The molecular weight excluding hydrogens is 328 g/mol. The minimum atomic E-state index is -2.77. The van der Waals surface area contributed by atoms with Crippen molar-refractivity contribution >= 4 is 21.4 Å². The van der Waals surface area contributed by atoms with E-state index < -0.39 is 9.84 Å². The highest BCUT2D eigenvalue weighted by molar-refractivity contribution is 7.91. The van der Waals surface area contributed by atoms with Crippen LogP contribution in [0.4, 0.5) is 5.69 Å². The molecule has 0 radical (unpaired) electrons. The molecule has 8 heteroatoms. The number of amides is 1. The predicted octanol–water partition coefficient (Wildman–Crippen LogP) is 0.691. The van der Waals surface area contributed by atoms with Crippen molar-refractivity contribution in [2.45, 2.75) is 31.7 Å². The van der Waals surface area contributed by atoms with Gasteiger partial charge in [0, 0.05) is 38.8 Å². The highest BCUT2D eigenvalue weighted by Crippen LogP contribution is 2.28. The minimum Gasteiger partial charge on any atom is -0.309 e. The maximum absolute atomic E-state index is 11.8. The molecule has 132 valence electrons. The summed E-state index contributed by atoms with van der Waals surface area (Å²) in [6.45, 7) is 3.70. The van der Waals surface area contributed by atoms with E-state index in [9.17, 15) is 13.2 Å². The van der Waals surface area contributed by atoms with Crippen molar-refractivity contribution in [3.05, 3.63) is 12.4 Å². The van der Waals surface area contributed by atoms with Gasteiger partial charge in [-0.3, -0.25) is 14.4 Å². The van der Waals surface area contributed by atoms with Crippen molar-refractivity contribution in [1.82, 2.24) is 14.7 Å². The van der Waals surface area contributed by atoms with Gasteiger partial charge in [0.2, 0.25) is 5.91 Å². The third-order valence-corrected chi connectivity index (χ3v) is 7.19. The Hall–Kier alpha value is -1.41. The van der Waals surface area contributed by atoms with Crippen LogP contribution in [-0.4, -0.2) is 66.7 Å². The van der Waals surface area contributed by atoms with E-state index >= 15 is 0 Å². The lowest BCUT2D eigenvalue weighted by Gasteiger charge is -2.41. The van der Waals surface area contributed by atoms with Crippen LogP contribution in [-0.2, 0) is 14.6 Å². The van der Waals surface area contributed by atoms with Crippen LogP contribution >= 0.6 is 0 Å². The number of anilines is 1. The number of rotatable bonds is 4. The fraction of sp³-hybridized carbons (Fsp3) is 0.750. The Balaban J connectivity index is 1.27. The Morgan fingerprint density at radius 3 is 2.62 bits per heavy atom. The zero-order valence-corrected chi connectivity index (χ0v) is 14.6. The zero-order valence-electron chi connectivity index (χ0n) is 13.8. The molecule has 0 unspecified atom stereocenters. The lowest BCUT2D eigenvalue weighted by atomic mass is 9.99. The first-order valence-corrected chi connectivity index (χ1v) is 10.6. The summed E-state index contributed by atoms with van der Waals surface area (Å²) in [5.74, 6) is 1.39. The fourth-order valence-electron chi connectivity index (χ4n) is 3.93. The van der Waals surface area contributed by atoms with Crippen LogP contribution in [0.25, 0.3) is 0 Å². The number of hydrogen-bond acceptors (Lipinski definition) is 5. The molecule has 0 bridgehead atoms. The van der Waals surface area contributed by atoms with Gasteiger partial charge >= 0.3 is 0 Å². The second-order valence-electron chi connectivity index (χ2n) is 7.30. The van der Waals surface area contributed by atoms with Gasteiger partial charge in [0.1, 0.15) is 9.84 Å². The Morgan fingerprint density at radius 2 is 1.96 bits per heavy atom. The number of carbonyl (C=O) groups excluding carboxylic acids is 1. The van der Waals surface area contributed by atoms with E-state index in [1.165, 1.54) is 0 Å². The lowest BCUT2D eigenvalue weighted by molar-refractivity contribution is -0.117. The molecule has 4 rings (SSSR count). The monoisotopic (exact) mass is 352 g/mol. The van der Waals surface area contributed by atoms with Crippen molar-refractivity contribution in [2.24, 2.45) is 5.92 Å². The summed E-state index contributed by atoms with van der Waals surface area (Å²) in [5, 5.41) is 4.43. The maximum Gasteiger partial charge on any atom is 0.227 e. The van der Waals surface area contributed by atoms with Gasteiger partial charge in [-0.2, -0.15) is 5.10 Å². The van der Waals surface area contributed by atoms with Gasteiger partial charge in [-0.25, -0.2) is 8.42 Å². The largest absolute Gasteiger partial charge is 0.309 e. The van der Waals surface area contributed by atoms with Gasteiger partial charge in [-0.1, -0.05) is 0 Å². The third-order valence-electron chi connectivity index (χ3n) is 5.48. The molecule has 0 atom stereocenters. The standard InChI is InChI=1S/C16H24N4O3S/c21-16-2-1-5-19(16)14-8-17-20(12-14)15-10-18(11-15)9-13-3-6-24(22,23)7-4-13/h8,12-13,15H,1-7,9-11H2. The Morgan fingerprint density at radius 1 is 1.21 bits per heavy atom. The number of aromatic nitrogens is 2.